The zero-order valence-electron chi connectivity index (χ0n) is 12.8. The molecule has 5 heteroatoms. The lowest BCUT2D eigenvalue weighted by atomic mass is 10.1. The lowest BCUT2D eigenvalue weighted by Gasteiger charge is -2.03. The maximum Gasteiger partial charge on any atom is 0.199 e. The number of aromatic amines is 1. The first-order chi connectivity index (χ1) is 10.7. The van der Waals surface area contributed by atoms with E-state index in [1.54, 1.807) is 6.20 Å². The molecule has 0 bridgehead atoms. The third kappa shape index (κ3) is 3.36. The predicted molar refractivity (Wildman–Crippen MR) is 85.3 cm³/mol. The van der Waals surface area contributed by atoms with Crippen LogP contribution >= 0.6 is 0 Å². The van der Waals surface area contributed by atoms with Crippen LogP contribution in [0.5, 0.6) is 0 Å². The number of hydrogen-bond donors (Lipinski definition) is 1. The van der Waals surface area contributed by atoms with E-state index >= 15 is 0 Å². The van der Waals surface area contributed by atoms with Gasteiger partial charge >= 0.3 is 0 Å². The Morgan fingerprint density at radius 3 is 2.59 bits per heavy atom. The van der Waals surface area contributed by atoms with E-state index in [-0.39, 0.29) is 5.92 Å². The number of rotatable bonds is 5. The van der Waals surface area contributed by atoms with Gasteiger partial charge in [0.15, 0.2) is 5.82 Å². The molecule has 0 saturated carbocycles. The molecule has 2 heterocycles. The van der Waals surface area contributed by atoms with Gasteiger partial charge in [0, 0.05) is 18.5 Å². The second-order valence-electron chi connectivity index (χ2n) is 5.55. The number of aryl methyl sites for hydroxylation is 2. The largest absolute Gasteiger partial charge is 0.263 e. The Bertz CT molecular complexity index is 734. The molecule has 2 aromatic heterocycles. The zero-order valence-corrected chi connectivity index (χ0v) is 12.8. The first-order valence-electron chi connectivity index (χ1n) is 7.51. The summed E-state index contributed by atoms with van der Waals surface area (Å²) in [5, 5.41) is 7.27. The van der Waals surface area contributed by atoms with Crippen molar-refractivity contribution in [3.63, 3.8) is 0 Å². The molecule has 0 fully saturated rings. The highest BCUT2D eigenvalue weighted by Crippen LogP contribution is 2.15. The molecule has 0 spiro atoms. The minimum Gasteiger partial charge on any atom is -0.263 e. The van der Waals surface area contributed by atoms with Gasteiger partial charge in [-0.2, -0.15) is 5.10 Å². The van der Waals surface area contributed by atoms with Crippen molar-refractivity contribution in [1.29, 1.82) is 0 Å². The van der Waals surface area contributed by atoms with Gasteiger partial charge in [-0.3, -0.25) is 5.10 Å². The Kier molecular flexibility index (Phi) is 4.23. The fourth-order valence-electron chi connectivity index (χ4n) is 2.21. The smallest absolute Gasteiger partial charge is 0.199 e. The van der Waals surface area contributed by atoms with Crippen molar-refractivity contribution < 1.29 is 0 Å². The van der Waals surface area contributed by atoms with Gasteiger partial charge in [0.2, 0.25) is 0 Å². The molecule has 0 saturated heterocycles. The Morgan fingerprint density at radius 1 is 1.00 bits per heavy atom. The SMILES string of the molecule is CC(C)c1nccc(-c2n[nH]c(CCc3ccccc3)n2)n1. The third-order valence-corrected chi connectivity index (χ3v) is 3.44. The molecule has 5 nitrogen and oxygen atoms in total. The lowest BCUT2D eigenvalue weighted by molar-refractivity contribution is 0.774. The molecule has 0 unspecified atom stereocenters. The molecule has 0 aliphatic heterocycles. The highest BCUT2D eigenvalue weighted by Gasteiger charge is 2.10. The molecule has 0 amide bonds. The molecule has 22 heavy (non-hydrogen) atoms. The van der Waals surface area contributed by atoms with Crippen LogP contribution in [0.25, 0.3) is 11.5 Å². The van der Waals surface area contributed by atoms with Crippen LogP contribution in [0.4, 0.5) is 0 Å². The topological polar surface area (TPSA) is 67.3 Å². The number of nitrogens with one attached hydrogen (secondary N) is 1. The normalized spacial score (nSPS) is 11.0. The highest BCUT2D eigenvalue weighted by atomic mass is 15.2. The van der Waals surface area contributed by atoms with E-state index in [4.69, 9.17) is 0 Å². The lowest BCUT2D eigenvalue weighted by Crippen LogP contribution is -1.98. The van der Waals surface area contributed by atoms with Crippen molar-refractivity contribution in [3.05, 3.63) is 59.8 Å². The van der Waals surface area contributed by atoms with Gasteiger partial charge in [0.1, 0.15) is 17.3 Å². The summed E-state index contributed by atoms with van der Waals surface area (Å²) in [5.41, 5.74) is 2.06. The fourth-order valence-corrected chi connectivity index (χ4v) is 2.21. The Hall–Kier alpha value is -2.56. The third-order valence-electron chi connectivity index (χ3n) is 3.44. The summed E-state index contributed by atoms with van der Waals surface area (Å²) in [7, 11) is 0. The second-order valence-corrected chi connectivity index (χ2v) is 5.55. The van der Waals surface area contributed by atoms with Crippen molar-refractivity contribution >= 4 is 0 Å². The molecule has 3 aromatic rings. The van der Waals surface area contributed by atoms with Gasteiger partial charge < -0.3 is 0 Å². The van der Waals surface area contributed by atoms with Crippen LogP contribution in [0.1, 0.15) is 37.0 Å². The maximum absolute atomic E-state index is 4.54. The predicted octanol–water partition coefficient (Wildman–Crippen LogP) is 3.17. The van der Waals surface area contributed by atoms with Crippen molar-refractivity contribution in [2.24, 2.45) is 0 Å². The van der Waals surface area contributed by atoms with Crippen LogP contribution in [-0.2, 0) is 12.8 Å². The molecular weight excluding hydrogens is 274 g/mol. The number of benzene rings is 1. The van der Waals surface area contributed by atoms with Gasteiger partial charge in [-0.25, -0.2) is 15.0 Å². The Balaban J connectivity index is 1.72. The van der Waals surface area contributed by atoms with Crippen LogP contribution in [0.3, 0.4) is 0 Å². The van der Waals surface area contributed by atoms with E-state index < -0.39 is 0 Å². The average molecular weight is 293 g/mol. The van der Waals surface area contributed by atoms with Crippen LogP contribution in [0.2, 0.25) is 0 Å². The quantitative estimate of drug-likeness (QED) is 0.784. The van der Waals surface area contributed by atoms with Crippen molar-refractivity contribution in [3.8, 4) is 11.5 Å². The van der Waals surface area contributed by atoms with Crippen LogP contribution in [0.15, 0.2) is 42.6 Å². The molecule has 0 atom stereocenters. The first kappa shape index (κ1) is 14.4. The molecule has 112 valence electrons. The monoisotopic (exact) mass is 293 g/mol. The standard InChI is InChI=1S/C17H19N5/c1-12(2)16-18-11-10-14(19-16)17-20-15(21-22-17)9-8-13-6-4-3-5-7-13/h3-7,10-12H,8-9H2,1-2H3,(H,20,21,22). The van der Waals surface area contributed by atoms with Crippen molar-refractivity contribution in [2.75, 3.05) is 0 Å². The van der Waals surface area contributed by atoms with Crippen LogP contribution in [-0.4, -0.2) is 25.1 Å². The van der Waals surface area contributed by atoms with Gasteiger partial charge in [0.25, 0.3) is 0 Å². The fraction of sp³-hybridized carbons (Fsp3) is 0.294. The number of nitrogens with zero attached hydrogens (tertiary/aromatic N) is 4. The van der Waals surface area contributed by atoms with E-state index in [0.717, 1.165) is 30.2 Å². The van der Waals surface area contributed by atoms with E-state index in [0.29, 0.717) is 5.82 Å². The summed E-state index contributed by atoms with van der Waals surface area (Å²) in [4.78, 5) is 13.3. The highest BCUT2D eigenvalue weighted by molar-refractivity contribution is 5.47. The molecule has 0 aliphatic rings. The van der Waals surface area contributed by atoms with Gasteiger partial charge in [-0.15, -0.1) is 0 Å². The summed E-state index contributed by atoms with van der Waals surface area (Å²) >= 11 is 0. The molecule has 1 N–H and O–H groups in total. The minimum atomic E-state index is 0.288. The molecular formula is C17H19N5. The number of aromatic nitrogens is 5. The van der Waals surface area contributed by atoms with Gasteiger partial charge in [-0.1, -0.05) is 44.2 Å². The summed E-state index contributed by atoms with van der Waals surface area (Å²) in [6.45, 7) is 4.14. The Labute approximate surface area is 129 Å². The van der Waals surface area contributed by atoms with Crippen molar-refractivity contribution in [1.82, 2.24) is 25.1 Å². The molecule has 0 radical (unpaired) electrons. The van der Waals surface area contributed by atoms with E-state index in [1.807, 2.05) is 12.1 Å². The first-order valence-corrected chi connectivity index (χ1v) is 7.51. The van der Waals surface area contributed by atoms with Crippen LogP contribution in [0, 0.1) is 0 Å². The summed E-state index contributed by atoms with van der Waals surface area (Å²) in [6.07, 6.45) is 3.54. The zero-order chi connectivity index (χ0) is 15.4. The van der Waals surface area contributed by atoms with E-state index in [1.165, 1.54) is 5.56 Å². The summed E-state index contributed by atoms with van der Waals surface area (Å²) in [5.74, 6) is 2.61. The number of H-pyrrole nitrogens is 1. The average Bonchev–Trinajstić information content (AvgIpc) is 3.03. The summed E-state index contributed by atoms with van der Waals surface area (Å²) in [6, 6.07) is 12.2. The van der Waals surface area contributed by atoms with Gasteiger partial charge in [0.05, 0.1) is 0 Å². The summed E-state index contributed by atoms with van der Waals surface area (Å²) < 4.78 is 0. The number of hydrogen-bond acceptors (Lipinski definition) is 4. The molecule has 3 rings (SSSR count). The van der Waals surface area contributed by atoms with Crippen molar-refractivity contribution in [2.45, 2.75) is 32.6 Å². The Morgan fingerprint density at radius 2 is 1.82 bits per heavy atom. The second kappa shape index (κ2) is 6.47. The van der Waals surface area contributed by atoms with Gasteiger partial charge in [-0.05, 0) is 18.1 Å². The minimum absolute atomic E-state index is 0.288. The van der Waals surface area contributed by atoms with E-state index in [2.05, 4.69) is 63.3 Å². The maximum atomic E-state index is 4.54. The van der Waals surface area contributed by atoms with E-state index in [9.17, 15) is 0 Å². The van der Waals surface area contributed by atoms with Crippen LogP contribution < -0.4 is 0 Å². The molecule has 0 aliphatic carbocycles. The molecule has 1 aromatic carbocycles.